The third-order valence-corrected chi connectivity index (χ3v) is 6.54. The SMILES string of the molecule is CNC1(c2cc(C)cc(C)c2)C2CC3CC(C2)CC1C3. The van der Waals surface area contributed by atoms with Gasteiger partial charge in [-0.2, -0.15) is 0 Å². The molecule has 0 aliphatic heterocycles. The Labute approximate surface area is 123 Å². The Morgan fingerprint density at radius 1 is 0.850 bits per heavy atom. The van der Waals surface area contributed by atoms with Crippen molar-refractivity contribution < 1.29 is 0 Å². The van der Waals surface area contributed by atoms with Crippen molar-refractivity contribution >= 4 is 0 Å². The molecule has 0 unspecified atom stereocenters. The van der Waals surface area contributed by atoms with Crippen LogP contribution in [0.1, 0.15) is 48.8 Å². The molecule has 0 amide bonds. The van der Waals surface area contributed by atoms with E-state index < -0.39 is 0 Å². The molecule has 0 spiro atoms. The zero-order valence-electron chi connectivity index (χ0n) is 13.1. The van der Waals surface area contributed by atoms with Gasteiger partial charge in [-0.3, -0.25) is 0 Å². The highest BCUT2D eigenvalue weighted by Crippen LogP contribution is 2.61. The molecule has 1 heteroatoms. The van der Waals surface area contributed by atoms with E-state index in [1.54, 1.807) is 5.56 Å². The molecule has 20 heavy (non-hydrogen) atoms. The van der Waals surface area contributed by atoms with Gasteiger partial charge in [-0.1, -0.05) is 29.3 Å². The van der Waals surface area contributed by atoms with Crippen LogP contribution in [0.2, 0.25) is 0 Å². The first-order chi connectivity index (χ1) is 9.61. The van der Waals surface area contributed by atoms with Crippen LogP contribution in [0.15, 0.2) is 18.2 Å². The van der Waals surface area contributed by atoms with E-state index in [2.05, 4.69) is 44.4 Å². The molecular weight excluding hydrogens is 242 g/mol. The van der Waals surface area contributed by atoms with Gasteiger partial charge in [0.25, 0.3) is 0 Å². The Balaban J connectivity index is 1.83. The van der Waals surface area contributed by atoms with Gasteiger partial charge in [0.05, 0.1) is 0 Å². The summed E-state index contributed by atoms with van der Waals surface area (Å²) >= 11 is 0. The lowest BCUT2D eigenvalue weighted by Gasteiger charge is -2.61. The monoisotopic (exact) mass is 269 g/mol. The van der Waals surface area contributed by atoms with Crippen LogP contribution < -0.4 is 5.32 Å². The minimum absolute atomic E-state index is 0.268. The van der Waals surface area contributed by atoms with Crippen molar-refractivity contribution in [2.24, 2.45) is 23.7 Å². The van der Waals surface area contributed by atoms with Crippen LogP contribution in [-0.2, 0) is 5.54 Å². The van der Waals surface area contributed by atoms with E-state index in [-0.39, 0.29) is 5.54 Å². The largest absolute Gasteiger partial charge is 0.310 e. The molecule has 1 N–H and O–H groups in total. The van der Waals surface area contributed by atoms with Crippen molar-refractivity contribution in [1.82, 2.24) is 5.32 Å². The van der Waals surface area contributed by atoms with Gasteiger partial charge in [0.1, 0.15) is 0 Å². The smallest absolute Gasteiger partial charge is 0.0489 e. The molecular formula is C19H27N. The van der Waals surface area contributed by atoms with Gasteiger partial charge in [-0.25, -0.2) is 0 Å². The lowest BCUT2D eigenvalue weighted by Crippen LogP contribution is -2.61. The number of hydrogen-bond acceptors (Lipinski definition) is 1. The topological polar surface area (TPSA) is 12.0 Å². The van der Waals surface area contributed by atoms with E-state index in [1.165, 1.54) is 43.2 Å². The highest BCUT2D eigenvalue weighted by atomic mass is 15.0. The van der Waals surface area contributed by atoms with Gasteiger partial charge >= 0.3 is 0 Å². The second kappa shape index (κ2) is 4.34. The van der Waals surface area contributed by atoms with Crippen LogP contribution in [0, 0.1) is 37.5 Å². The van der Waals surface area contributed by atoms with E-state index in [1.807, 2.05) is 0 Å². The molecule has 4 fully saturated rings. The van der Waals surface area contributed by atoms with Gasteiger partial charge in [-0.05, 0) is 82.2 Å². The van der Waals surface area contributed by atoms with E-state index in [4.69, 9.17) is 0 Å². The fourth-order valence-corrected chi connectivity index (χ4v) is 6.17. The zero-order valence-corrected chi connectivity index (χ0v) is 13.1. The molecule has 4 aliphatic rings. The maximum absolute atomic E-state index is 3.83. The van der Waals surface area contributed by atoms with Crippen molar-refractivity contribution in [3.8, 4) is 0 Å². The summed E-state index contributed by atoms with van der Waals surface area (Å²) < 4.78 is 0. The molecule has 1 aromatic rings. The third-order valence-electron chi connectivity index (χ3n) is 6.54. The highest BCUT2D eigenvalue weighted by Gasteiger charge is 2.57. The summed E-state index contributed by atoms with van der Waals surface area (Å²) in [6, 6.07) is 7.21. The quantitative estimate of drug-likeness (QED) is 0.849. The Bertz CT molecular complexity index is 482. The van der Waals surface area contributed by atoms with Gasteiger partial charge in [0, 0.05) is 5.54 Å². The first kappa shape index (κ1) is 12.9. The Morgan fingerprint density at radius 2 is 1.35 bits per heavy atom. The molecule has 0 atom stereocenters. The summed E-state index contributed by atoms with van der Waals surface area (Å²) in [7, 11) is 2.21. The summed E-state index contributed by atoms with van der Waals surface area (Å²) in [6.07, 6.45) is 7.36. The molecule has 5 rings (SSSR count). The van der Waals surface area contributed by atoms with Crippen LogP contribution in [-0.4, -0.2) is 7.05 Å². The third kappa shape index (κ3) is 1.65. The van der Waals surface area contributed by atoms with Gasteiger partial charge in [0.15, 0.2) is 0 Å². The number of benzene rings is 1. The molecule has 0 heterocycles. The molecule has 108 valence electrons. The van der Waals surface area contributed by atoms with Gasteiger partial charge in [0.2, 0.25) is 0 Å². The summed E-state index contributed by atoms with van der Waals surface area (Å²) in [6.45, 7) is 4.49. The van der Waals surface area contributed by atoms with Crippen LogP contribution in [0.3, 0.4) is 0 Å². The molecule has 4 aliphatic carbocycles. The Kier molecular flexibility index (Phi) is 2.79. The lowest BCUT2D eigenvalue weighted by atomic mass is 9.47. The summed E-state index contributed by atoms with van der Waals surface area (Å²) in [4.78, 5) is 0. The molecule has 0 saturated heterocycles. The first-order valence-electron chi connectivity index (χ1n) is 8.39. The average Bonchev–Trinajstić information content (AvgIpc) is 2.37. The molecule has 0 radical (unpaired) electrons. The van der Waals surface area contributed by atoms with E-state index >= 15 is 0 Å². The second-order valence-corrected chi connectivity index (χ2v) is 7.80. The van der Waals surface area contributed by atoms with Crippen molar-refractivity contribution in [3.63, 3.8) is 0 Å². The number of rotatable bonds is 2. The predicted molar refractivity (Wildman–Crippen MR) is 83.7 cm³/mol. The molecule has 0 aromatic heterocycles. The average molecular weight is 269 g/mol. The fourth-order valence-electron chi connectivity index (χ4n) is 6.17. The minimum atomic E-state index is 0.268. The van der Waals surface area contributed by atoms with E-state index in [0.717, 1.165) is 23.7 Å². The number of aryl methyl sites for hydroxylation is 2. The predicted octanol–water partition coefficient (Wildman–Crippen LogP) is 4.17. The maximum atomic E-state index is 3.83. The minimum Gasteiger partial charge on any atom is -0.310 e. The lowest BCUT2D eigenvalue weighted by molar-refractivity contribution is -0.0744. The van der Waals surface area contributed by atoms with Gasteiger partial charge < -0.3 is 5.32 Å². The number of nitrogens with one attached hydrogen (secondary N) is 1. The summed E-state index contributed by atoms with van der Waals surface area (Å²) in [5.74, 6) is 3.80. The van der Waals surface area contributed by atoms with Crippen molar-refractivity contribution in [1.29, 1.82) is 0 Å². The standard InChI is InChI=1S/C19H27N/c1-12-4-13(2)6-16(5-12)19(20-3)17-8-14-7-15(10-17)11-18(19)9-14/h4-6,14-15,17-18,20H,7-11H2,1-3H3. The fraction of sp³-hybridized carbons (Fsp3) is 0.684. The second-order valence-electron chi connectivity index (χ2n) is 7.80. The van der Waals surface area contributed by atoms with Crippen LogP contribution >= 0.6 is 0 Å². The van der Waals surface area contributed by atoms with Crippen LogP contribution in [0.25, 0.3) is 0 Å². The zero-order chi connectivity index (χ0) is 13.9. The van der Waals surface area contributed by atoms with Crippen LogP contribution in [0.4, 0.5) is 0 Å². The molecule has 1 nitrogen and oxygen atoms in total. The molecule has 4 saturated carbocycles. The van der Waals surface area contributed by atoms with E-state index in [0.29, 0.717) is 0 Å². The normalized spacial score (nSPS) is 42.1. The van der Waals surface area contributed by atoms with Crippen molar-refractivity contribution in [3.05, 3.63) is 34.9 Å². The van der Waals surface area contributed by atoms with Crippen LogP contribution in [0.5, 0.6) is 0 Å². The summed E-state index contributed by atoms with van der Waals surface area (Å²) in [5.41, 5.74) is 4.68. The van der Waals surface area contributed by atoms with Gasteiger partial charge in [-0.15, -0.1) is 0 Å². The maximum Gasteiger partial charge on any atom is 0.0489 e. The highest BCUT2D eigenvalue weighted by molar-refractivity contribution is 5.36. The molecule has 4 bridgehead atoms. The Morgan fingerprint density at radius 3 is 1.80 bits per heavy atom. The molecule has 1 aromatic carbocycles. The van der Waals surface area contributed by atoms with Crippen molar-refractivity contribution in [2.45, 2.75) is 51.5 Å². The Hall–Kier alpha value is -0.820. The first-order valence-corrected chi connectivity index (χ1v) is 8.39. The summed E-state index contributed by atoms with van der Waals surface area (Å²) in [5, 5.41) is 3.83. The van der Waals surface area contributed by atoms with Crippen molar-refractivity contribution in [2.75, 3.05) is 7.05 Å². The van der Waals surface area contributed by atoms with E-state index in [9.17, 15) is 0 Å². The number of hydrogen-bond donors (Lipinski definition) is 1.